The van der Waals surface area contributed by atoms with Gasteiger partial charge in [0.05, 0.1) is 6.61 Å². The smallest absolute Gasteiger partial charge is 0.109 e. The summed E-state index contributed by atoms with van der Waals surface area (Å²) in [5, 5.41) is 0. The Morgan fingerprint density at radius 2 is 1.42 bits per heavy atom. The van der Waals surface area contributed by atoms with Crippen molar-refractivity contribution in [3.05, 3.63) is 70.8 Å². The fourth-order valence-corrected chi connectivity index (χ4v) is 3.79. The lowest BCUT2D eigenvalue weighted by molar-refractivity contribution is 0.0339. The van der Waals surface area contributed by atoms with Gasteiger partial charge in [0.1, 0.15) is 6.10 Å². The third-order valence-electron chi connectivity index (χ3n) is 5.34. The Kier molecular flexibility index (Phi) is 4.50. The Morgan fingerprint density at radius 1 is 0.875 bits per heavy atom. The molecule has 1 aliphatic carbocycles. The zero-order valence-electron chi connectivity index (χ0n) is 14.3. The molecule has 4 rings (SSSR count). The average Bonchev–Trinajstić information content (AvgIpc) is 2.78. The van der Waals surface area contributed by atoms with E-state index >= 15 is 0 Å². The lowest BCUT2D eigenvalue weighted by Crippen LogP contribution is -2.32. The molecule has 124 valence electrons. The van der Waals surface area contributed by atoms with E-state index in [9.17, 15) is 0 Å². The topological polar surface area (TPSA) is 12.5 Å². The van der Waals surface area contributed by atoms with E-state index in [0.29, 0.717) is 5.92 Å². The molecule has 0 amide bonds. The number of nitrogens with zero attached hydrogens (tertiary/aromatic N) is 1. The van der Waals surface area contributed by atoms with Crippen LogP contribution in [-0.2, 0) is 4.74 Å². The highest BCUT2D eigenvalue weighted by molar-refractivity contribution is 5.76. The van der Waals surface area contributed by atoms with E-state index in [1.165, 1.54) is 48.2 Å². The Bertz CT molecular complexity index is 679. The van der Waals surface area contributed by atoms with Crippen molar-refractivity contribution in [3.8, 4) is 0 Å². The first kappa shape index (κ1) is 15.6. The zero-order chi connectivity index (χ0) is 16.4. The molecule has 0 radical (unpaired) electrons. The maximum absolute atomic E-state index is 6.53. The van der Waals surface area contributed by atoms with Crippen LogP contribution < -0.4 is 0 Å². The molecule has 2 aromatic rings. The van der Waals surface area contributed by atoms with Crippen molar-refractivity contribution in [1.82, 2.24) is 4.90 Å². The molecule has 1 fully saturated rings. The molecule has 24 heavy (non-hydrogen) atoms. The number of hydrogen-bond acceptors (Lipinski definition) is 2. The fourth-order valence-electron chi connectivity index (χ4n) is 3.79. The Morgan fingerprint density at radius 3 is 2.00 bits per heavy atom. The molecule has 2 aromatic carbocycles. The van der Waals surface area contributed by atoms with Crippen LogP contribution >= 0.6 is 0 Å². The maximum Gasteiger partial charge on any atom is 0.109 e. The number of piperidine rings is 1. The molecule has 1 heterocycles. The van der Waals surface area contributed by atoms with Crippen molar-refractivity contribution in [3.63, 3.8) is 0 Å². The molecule has 0 atom stereocenters. The van der Waals surface area contributed by atoms with Gasteiger partial charge >= 0.3 is 0 Å². The van der Waals surface area contributed by atoms with Crippen LogP contribution in [-0.4, -0.2) is 31.6 Å². The summed E-state index contributed by atoms with van der Waals surface area (Å²) in [5.41, 5.74) is 5.10. The fraction of sp³-hybridized carbons (Fsp3) is 0.364. The van der Waals surface area contributed by atoms with Gasteiger partial charge in [-0.25, -0.2) is 0 Å². The molecule has 0 unspecified atom stereocenters. The largest absolute Gasteiger partial charge is 0.368 e. The number of rotatable bonds is 3. The van der Waals surface area contributed by atoms with Crippen LogP contribution in [0.5, 0.6) is 0 Å². The average molecular weight is 319 g/mol. The van der Waals surface area contributed by atoms with Crippen LogP contribution in [0.2, 0.25) is 0 Å². The van der Waals surface area contributed by atoms with E-state index in [-0.39, 0.29) is 6.10 Å². The summed E-state index contributed by atoms with van der Waals surface area (Å²) in [6, 6.07) is 17.2. The van der Waals surface area contributed by atoms with Gasteiger partial charge in [-0.05, 0) is 61.2 Å². The first-order valence-electron chi connectivity index (χ1n) is 8.97. The summed E-state index contributed by atoms with van der Waals surface area (Å²) in [6.07, 6.45) is 6.95. The quantitative estimate of drug-likeness (QED) is 0.818. The van der Waals surface area contributed by atoms with Crippen LogP contribution in [0.4, 0.5) is 0 Å². The Hall–Kier alpha value is -1.90. The SMILES string of the molecule is CN1CCC(COC2c3ccccc3C=Cc3ccccc32)CC1. The van der Waals surface area contributed by atoms with Gasteiger partial charge in [-0.2, -0.15) is 0 Å². The summed E-state index contributed by atoms with van der Waals surface area (Å²) < 4.78 is 6.53. The second-order valence-corrected chi connectivity index (χ2v) is 7.05. The van der Waals surface area contributed by atoms with Crippen LogP contribution in [0, 0.1) is 5.92 Å². The third kappa shape index (κ3) is 3.17. The van der Waals surface area contributed by atoms with Gasteiger partial charge < -0.3 is 9.64 Å². The van der Waals surface area contributed by atoms with Gasteiger partial charge in [0, 0.05) is 0 Å². The molecule has 0 spiro atoms. The number of benzene rings is 2. The molecule has 2 nitrogen and oxygen atoms in total. The van der Waals surface area contributed by atoms with Crippen molar-refractivity contribution in [2.45, 2.75) is 18.9 Å². The zero-order valence-corrected chi connectivity index (χ0v) is 14.3. The standard InChI is InChI=1S/C22H25NO/c1-23-14-12-17(13-15-23)16-24-22-20-8-4-2-6-18(20)10-11-19-7-3-5-9-21(19)22/h2-11,17,22H,12-16H2,1H3. The molecule has 1 aliphatic heterocycles. The van der Waals surface area contributed by atoms with Crippen molar-refractivity contribution in [2.24, 2.45) is 5.92 Å². The first-order chi connectivity index (χ1) is 11.8. The highest BCUT2D eigenvalue weighted by Gasteiger charge is 2.24. The minimum Gasteiger partial charge on any atom is -0.368 e. The van der Waals surface area contributed by atoms with Crippen molar-refractivity contribution in [1.29, 1.82) is 0 Å². The van der Waals surface area contributed by atoms with Gasteiger partial charge in [0.2, 0.25) is 0 Å². The van der Waals surface area contributed by atoms with Crippen molar-refractivity contribution < 1.29 is 4.74 Å². The molecule has 0 aromatic heterocycles. The molecular weight excluding hydrogens is 294 g/mol. The van der Waals surface area contributed by atoms with Crippen LogP contribution in [0.25, 0.3) is 12.2 Å². The van der Waals surface area contributed by atoms with Gasteiger partial charge in [-0.1, -0.05) is 60.7 Å². The summed E-state index contributed by atoms with van der Waals surface area (Å²) in [5.74, 6) is 0.678. The van der Waals surface area contributed by atoms with Crippen molar-refractivity contribution in [2.75, 3.05) is 26.7 Å². The molecule has 2 heteroatoms. The lowest BCUT2D eigenvalue weighted by Gasteiger charge is -2.30. The monoisotopic (exact) mass is 319 g/mol. The highest BCUT2D eigenvalue weighted by atomic mass is 16.5. The molecular formula is C22H25NO. The predicted octanol–water partition coefficient (Wildman–Crippen LogP) is 4.62. The van der Waals surface area contributed by atoms with Crippen LogP contribution in [0.15, 0.2) is 48.5 Å². The second-order valence-electron chi connectivity index (χ2n) is 7.05. The summed E-state index contributed by atoms with van der Waals surface area (Å²) in [4.78, 5) is 2.41. The minimum absolute atomic E-state index is 0.0343. The lowest BCUT2D eigenvalue weighted by atomic mass is 9.95. The number of fused-ring (bicyclic) bond motifs is 2. The summed E-state index contributed by atoms with van der Waals surface area (Å²) in [6.45, 7) is 3.22. The van der Waals surface area contributed by atoms with Gasteiger partial charge in [-0.3, -0.25) is 0 Å². The highest BCUT2D eigenvalue weighted by Crippen LogP contribution is 2.36. The molecule has 1 saturated heterocycles. The normalized spacial score (nSPS) is 18.9. The number of hydrogen-bond donors (Lipinski definition) is 0. The molecule has 2 aliphatic rings. The van der Waals surface area contributed by atoms with E-state index < -0.39 is 0 Å². The van der Waals surface area contributed by atoms with Crippen LogP contribution in [0.1, 0.15) is 41.2 Å². The van der Waals surface area contributed by atoms with E-state index in [1.807, 2.05) is 0 Å². The van der Waals surface area contributed by atoms with Gasteiger partial charge in [-0.15, -0.1) is 0 Å². The molecule has 0 saturated carbocycles. The van der Waals surface area contributed by atoms with E-state index in [4.69, 9.17) is 4.74 Å². The van der Waals surface area contributed by atoms with Crippen molar-refractivity contribution >= 4 is 12.2 Å². The van der Waals surface area contributed by atoms with E-state index in [0.717, 1.165) is 6.61 Å². The summed E-state index contributed by atoms with van der Waals surface area (Å²) >= 11 is 0. The number of likely N-dealkylation sites (tertiary alicyclic amines) is 1. The first-order valence-corrected chi connectivity index (χ1v) is 8.97. The Balaban J connectivity index is 1.60. The second kappa shape index (κ2) is 6.92. The third-order valence-corrected chi connectivity index (χ3v) is 5.34. The van der Waals surface area contributed by atoms with E-state index in [2.05, 4.69) is 72.6 Å². The number of ether oxygens (including phenoxy) is 1. The summed E-state index contributed by atoms with van der Waals surface area (Å²) in [7, 11) is 2.21. The molecule has 0 N–H and O–H groups in total. The van der Waals surface area contributed by atoms with Gasteiger partial charge in [0.25, 0.3) is 0 Å². The van der Waals surface area contributed by atoms with Crippen LogP contribution in [0.3, 0.4) is 0 Å². The van der Waals surface area contributed by atoms with E-state index in [1.54, 1.807) is 0 Å². The molecule has 0 bridgehead atoms. The minimum atomic E-state index is 0.0343. The predicted molar refractivity (Wildman–Crippen MR) is 99.8 cm³/mol. The maximum atomic E-state index is 6.53. The van der Waals surface area contributed by atoms with Gasteiger partial charge in [0.15, 0.2) is 0 Å². The Labute approximate surface area is 144 Å².